The second-order valence-electron chi connectivity index (χ2n) is 8.67. The molecule has 0 aliphatic carbocycles. The Labute approximate surface area is 153 Å². The number of amides is 1. The molecule has 2 rings (SSSR count). The fourth-order valence-electron chi connectivity index (χ4n) is 3.83. The molecule has 1 aromatic rings. The van der Waals surface area contributed by atoms with Crippen molar-refractivity contribution in [1.82, 2.24) is 9.96 Å². The van der Waals surface area contributed by atoms with E-state index >= 15 is 0 Å². The number of carbonyl (C=O) groups excluding carboxylic acids is 1. The zero-order chi connectivity index (χ0) is 18.9. The Hall–Kier alpha value is -1.39. The largest absolute Gasteiger partial charge is 0.334 e. The lowest BCUT2D eigenvalue weighted by molar-refractivity contribution is -0.298. The van der Waals surface area contributed by atoms with Gasteiger partial charge in [0.15, 0.2) is 0 Å². The van der Waals surface area contributed by atoms with Gasteiger partial charge in [0, 0.05) is 12.1 Å². The van der Waals surface area contributed by atoms with Crippen molar-refractivity contribution in [3.8, 4) is 0 Å². The molecule has 0 spiro atoms. The third kappa shape index (κ3) is 3.75. The Morgan fingerprint density at radius 2 is 1.64 bits per heavy atom. The van der Waals surface area contributed by atoms with Gasteiger partial charge < -0.3 is 4.90 Å². The number of rotatable bonds is 5. The van der Waals surface area contributed by atoms with Gasteiger partial charge in [0.1, 0.15) is 5.54 Å². The summed E-state index contributed by atoms with van der Waals surface area (Å²) < 4.78 is 0. The first-order valence-electron chi connectivity index (χ1n) is 9.38. The molecule has 4 heteroatoms. The molecule has 1 fully saturated rings. The molecular weight excluding hydrogens is 312 g/mol. The summed E-state index contributed by atoms with van der Waals surface area (Å²) in [6.45, 7) is 16.0. The normalized spacial score (nSPS) is 20.8. The van der Waals surface area contributed by atoms with E-state index in [-0.39, 0.29) is 17.0 Å². The van der Waals surface area contributed by atoms with Crippen molar-refractivity contribution in [2.45, 2.75) is 84.5 Å². The molecule has 0 unspecified atom stereocenters. The minimum absolute atomic E-state index is 0.178. The van der Waals surface area contributed by atoms with Crippen molar-refractivity contribution in [1.29, 1.82) is 0 Å². The van der Waals surface area contributed by atoms with Crippen LogP contribution < -0.4 is 0 Å². The Balaban J connectivity index is 2.37. The van der Waals surface area contributed by atoms with E-state index in [2.05, 4.69) is 60.6 Å². The highest BCUT2D eigenvalue weighted by atomic mass is 16.7. The molecule has 25 heavy (non-hydrogen) atoms. The van der Waals surface area contributed by atoms with E-state index in [9.17, 15) is 4.79 Å². The lowest BCUT2D eigenvalue weighted by Crippen LogP contribution is -2.75. The first-order chi connectivity index (χ1) is 11.6. The lowest BCUT2D eigenvalue weighted by atomic mass is 9.80. The Morgan fingerprint density at radius 1 is 1.08 bits per heavy atom. The van der Waals surface area contributed by atoms with Gasteiger partial charge >= 0.3 is 0 Å². The summed E-state index contributed by atoms with van der Waals surface area (Å²) >= 11 is 0. The quantitative estimate of drug-likeness (QED) is 0.792. The van der Waals surface area contributed by atoms with E-state index in [1.807, 2.05) is 28.2 Å². The molecule has 1 saturated heterocycles. The molecule has 1 heterocycles. The second-order valence-corrected chi connectivity index (χ2v) is 8.67. The van der Waals surface area contributed by atoms with Crippen molar-refractivity contribution in [2.75, 3.05) is 6.54 Å². The van der Waals surface area contributed by atoms with E-state index < -0.39 is 5.54 Å². The average molecular weight is 347 g/mol. The maximum absolute atomic E-state index is 13.5. The smallest absolute Gasteiger partial charge is 0.245 e. The van der Waals surface area contributed by atoms with Crippen LogP contribution in [0.5, 0.6) is 0 Å². The number of hydroxylamine groups is 2. The van der Waals surface area contributed by atoms with Crippen LogP contribution in [-0.4, -0.2) is 39.0 Å². The van der Waals surface area contributed by atoms with Gasteiger partial charge in [-0.05, 0) is 53.0 Å². The number of nitrogens with zero attached hydrogens (tertiary/aromatic N) is 2. The zero-order valence-electron chi connectivity index (χ0n) is 16.9. The molecule has 0 saturated carbocycles. The highest BCUT2D eigenvalue weighted by Crippen LogP contribution is 2.41. The summed E-state index contributed by atoms with van der Waals surface area (Å²) in [5.41, 5.74) is 0.0338. The Bertz CT molecular complexity index is 586. The second kappa shape index (κ2) is 7.08. The van der Waals surface area contributed by atoms with E-state index in [1.54, 1.807) is 0 Å². The molecule has 0 atom stereocenters. The van der Waals surface area contributed by atoms with Crippen LogP contribution in [0.2, 0.25) is 0 Å². The van der Waals surface area contributed by atoms with Gasteiger partial charge in [0.2, 0.25) is 5.91 Å². The van der Waals surface area contributed by atoms with Crippen molar-refractivity contribution < 1.29 is 9.63 Å². The fraction of sp³-hybridized carbons (Fsp3) is 0.667. The highest BCUT2D eigenvalue weighted by molar-refractivity contribution is 5.88. The van der Waals surface area contributed by atoms with Gasteiger partial charge in [-0.15, -0.1) is 0 Å². The van der Waals surface area contributed by atoms with Crippen molar-refractivity contribution in [2.24, 2.45) is 0 Å². The molecule has 1 aliphatic heterocycles. The summed E-state index contributed by atoms with van der Waals surface area (Å²) in [5.74, 6) is 0.178. The minimum Gasteiger partial charge on any atom is -0.334 e. The maximum Gasteiger partial charge on any atom is 0.245 e. The molecule has 1 aliphatic rings. The third-order valence-corrected chi connectivity index (χ3v) is 5.31. The highest BCUT2D eigenvalue weighted by Gasteiger charge is 2.56. The first-order valence-corrected chi connectivity index (χ1v) is 9.38. The lowest BCUT2D eigenvalue weighted by Gasteiger charge is -2.58. The molecule has 1 amide bonds. The van der Waals surface area contributed by atoms with Crippen LogP contribution in [0.4, 0.5) is 0 Å². The summed E-state index contributed by atoms with van der Waals surface area (Å²) in [6.07, 6.45) is 1.46. The maximum atomic E-state index is 13.5. The Morgan fingerprint density at radius 3 is 2.12 bits per heavy atom. The average Bonchev–Trinajstić information content (AvgIpc) is 2.55. The van der Waals surface area contributed by atoms with E-state index in [1.165, 1.54) is 0 Å². The monoisotopic (exact) mass is 346 g/mol. The molecule has 0 aromatic heterocycles. The van der Waals surface area contributed by atoms with Crippen molar-refractivity contribution in [3.05, 3.63) is 35.9 Å². The van der Waals surface area contributed by atoms with Crippen LogP contribution in [0.15, 0.2) is 30.3 Å². The number of piperazine rings is 1. The number of hydrogen-bond donors (Lipinski definition) is 0. The zero-order valence-corrected chi connectivity index (χ0v) is 16.9. The number of carbonyl (C=O) groups is 1. The topological polar surface area (TPSA) is 32.8 Å². The van der Waals surface area contributed by atoms with E-state index in [4.69, 9.17) is 4.84 Å². The minimum atomic E-state index is -0.621. The number of benzene rings is 1. The summed E-state index contributed by atoms with van der Waals surface area (Å²) in [6, 6.07) is 10.1. The summed E-state index contributed by atoms with van der Waals surface area (Å²) in [5, 5.41) is 2.00. The van der Waals surface area contributed by atoms with Crippen LogP contribution in [0.3, 0.4) is 0 Å². The van der Waals surface area contributed by atoms with Crippen LogP contribution in [-0.2, 0) is 16.2 Å². The van der Waals surface area contributed by atoms with E-state index in [0.29, 0.717) is 13.2 Å². The SMILES string of the molecule is CCC1(CC)C(=O)N(C(C)(C)C)CC(C)(C)N1OCc1ccccc1. The molecule has 1 aromatic carbocycles. The van der Waals surface area contributed by atoms with E-state index in [0.717, 1.165) is 18.4 Å². The molecule has 4 nitrogen and oxygen atoms in total. The van der Waals surface area contributed by atoms with Crippen LogP contribution in [0.1, 0.15) is 66.9 Å². The van der Waals surface area contributed by atoms with Crippen LogP contribution in [0, 0.1) is 0 Å². The fourth-order valence-corrected chi connectivity index (χ4v) is 3.83. The standard InChI is InChI=1S/C21H34N2O2/c1-8-21(9-2)18(24)22(19(3,4)5)16-20(6,7)23(21)25-15-17-13-11-10-12-14-17/h10-14H,8-9,15-16H2,1-7H3. The molecule has 0 bridgehead atoms. The number of hydrogen-bond acceptors (Lipinski definition) is 3. The summed E-state index contributed by atoms with van der Waals surface area (Å²) in [7, 11) is 0. The van der Waals surface area contributed by atoms with Gasteiger partial charge in [0.05, 0.1) is 12.1 Å². The van der Waals surface area contributed by atoms with Crippen LogP contribution >= 0.6 is 0 Å². The van der Waals surface area contributed by atoms with Crippen molar-refractivity contribution >= 4 is 5.91 Å². The predicted octanol–water partition coefficient (Wildman–Crippen LogP) is 4.40. The molecule has 0 radical (unpaired) electrons. The Kier molecular flexibility index (Phi) is 5.65. The van der Waals surface area contributed by atoms with Crippen molar-refractivity contribution in [3.63, 3.8) is 0 Å². The van der Waals surface area contributed by atoms with Gasteiger partial charge in [-0.2, -0.15) is 5.06 Å². The van der Waals surface area contributed by atoms with Gasteiger partial charge in [-0.1, -0.05) is 44.2 Å². The third-order valence-electron chi connectivity index (χ3n) is 5.31. The molecule has 0 N–H and O–H groups in total. The van der Waals surface area contributed by atoms with Gasteiger partial charge in [-0.25, -0.2) is 0 Å². The van der Waals surface area contributed by atoms with Gasteiger partial charge in [0.25, 0.3) is 0 Å². The van der Waals surface area contributed by atoms with Crippen LogP contribution in [0.25, 0.3) is 0 Å². The summed E-state index contributed by atoms with van der Waals surface area (Å²) in [4.78, 5) is 21.8. The first kappa shape index (κ1) is 19.9. The predicted molar refractivity (Wildman–Crippen MR) is 102 cm³/mol. The molecule has 140 valence electrons. The van der Waals surface area contributed by atoms with Gasteiger partial charge in [-0.3, -0.25) is 9.63 Å². The molecular formula is C21H34N2O2.